The van der Waals surface area contributed by atoms with Crippen molar-refractivity contribution < 1.29 is 13.2 Å². The molecule has 8 heteroatoms. The van der Waals surface area contributed by atoms with Gasteiger partial charge in [0.2, 0.25) is 15.9 Å². The molecule has 3 aliphatic rings. The van der Waals surface area contributed by atoms with Gasteiger partial charge in [-0.1, -0.05) is 12.8 Å². The zero-order chi connectivity index (χ0) is 17.5. The molecule has 2 heterocycles. The highest BCUT2D eigenvalue weighted by molar-refractivity contribution is 7.93. The maximum atomic E-state index is 13.0. The molecule has 0 bridgehead atoms. The van der Waals surface area contributed by atoms with Crippen molar-refractivity contribution in [1.82, 2.24) is 5.32 Å². The SMILES string of the molecule is Cl.O=C(Nc1ccc(N2CCCS2(=O)=O)cc1)[C@@]12CCCC[C@H]1CNC2. The maximum Gasteiger partial charge on any atom is 0.235 e. The number of hydrogen-bond donors (Lipinski definition) is 2. The first-order valence-electron chi connectivity index (χ1n) is 9.14. The third kappa shape index (κ3) is 3.32. The van der Waals surface area contributed by atoms with E-state index < -0.39 is 10.0 Å². The monoisotopic (exact) mass is 399 g/mol. The molecule has 0 spiro atoms. The number of nitrogens with zero attached hydrogens (tertiary/aromatic N) is 1. The van der Waals surface area contributed by atoms with E-state index in [0.717, 1.165) is 38.0 Å². The summed E-state index contributed by atoms with van der Waals surface area (Å²) in [7, 11) is -3.17. The van der Waals surface area contributed by atoms with Crippen LogP contribution in [0.1, 0.15) is 32.1 Å². The Hall–Kier alpha value is -1.31. The van der Waals surface area contributed by atoms with Crippen molar-refractivity contribution in [2.75, 3.05) is 35.0 Å². The molecule has 3 fully saturated rings. The quantitative estimate of drug-likeness (QED) is 0.817. The lowest BCUT2D eigenvalue weighted by Crippen LogP contribution is -2.44. The second-order valence-electron chi connectivity index (χ2n) is 7.47. The zero-order valence-electron chi connectivity index (χ0n) is 14.7. The minimum Gasteiger partial charge on any atom is -0.326 e. The minimum atomic E-state index is -3.17. The zero-order valence-corrected chi connectivity index (χ0v) is 16.4. The topological polar surface area (TPSA) is 78.5 Å². The van der Waals surface area contributed by atoms with E-state index in [1.165, 1.54) is 10.7 Å². The average molecular weight is 400 g/mol. The number of rotatable bonds is 3. The average Bonchev–Trinajstić information content (AvgIpc) is 3.19. The first-order valence-corrected chi connectivity index (χ1v) is 10.7. The van der Waals surface area contributed by atoms with E-state index >= 15 is 0 Å². The predicted octanol–water partition coefficient (Wildman–Crippen LogP) is 2.37. The van der Waals surface area contributed by atoms with Gasteiger partial charge in [0.25, 0.3) is 0 Å². The van der Waals surface area contributed by atoms with Crippen molar-refractivity contribution >= 4 is 39.7 Å². The molecular formula is C18H26ClN3O3S. The minimum absolute atomic E-state index is 0. The van der Waals surface area contributed by atoms with E-state index in [0.29, 0.717) is 24.6 Å². The normalized spacial score (nSPS) is 29.7. The van der Waals surface area contributed by atoms with Crippen molar-refractivity contribution in [2.24, 2.45) is 11.3 Å². The lowest BCUT2D eigenvalue weighted by Gasteiger charge is -2.37. The van der Waals surface area contributed by atoms with Crippen LogP contribution in [-0.2, 0) is 14.8 Å². The van der Waals surface area contributed by atoms with Crippen molar-refractivity contribution in [3.8, 4) is 0 Å². The summed E-state index contributed by atoms with van der Waals surface area (Å²) in [5.74, 6) is 0.738. The van der Waals surface area contributed by atoms with E-state index in [2.05, 4.69) is 10.6 Å². The maximum absolute atomic E-state index is 13.0. The number of fused-ring (bicyclic) bond motifs is 1. The van der Waals surface area contributed by atoms with Gasteiger partial charge >= 0.3 is 0 Å². The van der Waals surface area contributed by atoms with Crippen molar-refractivity contribution in [3.63, 3.8) is 0 Å². The lowest BCUT2D eigenvalue weighted by molar-refractivity contribution is -0.128. The van der Waals surface area contributed by atoms with Crippen LogP contribution in [-0.4, -0.2) is 39.7 Å². The van der Waals surface area contributed by atoms with Crippen LogP contribution in [0, 0.1) is 11.3 Å². The number of nitrogens with one attached hydrogen (secondary N) is 2. The molecule has 26 heavy (non-hydrogen) atoms. The summed E-state index contributed by atoms with van der Waals surface area (Å²) < 4.78 is 25.5. The van der Waals surface area contributed by atoms with Gasteiger partial charge < -0.3 is 10.6 Å². The van der Waals surface area contributed by atoms with E-state index in [4.69, 9.17) is 0 Å². The second-order valence-corrected chi connectivity index (χ2v) is 9.49. The summed E-state index contributed by atoms with van der Waals surface area (Å²) in [5, 5.41) is 6.46. The fraction of sp³-hybridized carbons (Fsp3) is 0.611. The largest absolute Gasteiger partial charge is 0.326 e. The van der Waals surface area contributed by atoms with Gasteiger partial charge in [0.15, 0.2) is 0 Å². The summed E-state index contributed by atoms with van der Waals surface area (Å²) in [5.41, 5.74) is 1.12. The molecule has 1 aromatic carbocycles. The highest BCUT2D eigenvalue weighted by atomic mass is 35.5. The van der Waals surface area contributed by atoms with Crippen molar-refractivity contribution in [1.29, 1.82) is 0 Å². The van der Waals surface area contributed by atoms with E-state index in [-0.39, 0.29) is 29.5 Å². The molecule has 1 aromatic rings. The van der Waals surface area contributed by atoms with Gasteiger partial charge in [0, 0.05) is 18.8 Å². The number of carbonyl (C=O) groups excluding carboxylic acids is 1. The number of halogens is 1. The van der Waals surface area contributed by atoms with Gasteiger partial charge in [0.05, 0.1) is 16.9 Å². The third-order valence-electron chi connectivity index (χ3n) is 6.00. The molecule has 0 radical (unpaired) electrons. The van der Waals surface area contributed by atoms with E-state index in [1.54, 1.807) is 24.3 Å². The van der Waals surface area contributed by atoms with Gasteiger partial charge in [-0.3, -0.25) is 9.10 Å². The smallest absolute Gasteiger partial charge is 0.235 e. The molecule has 6 nitrogen and oxygen atoms in total. The van der Waals surface area contributed by atoms with Crippen molar-refractivity contribution in [2.45, 2.75) is 32.1 Å². The number of amides is 1. The Bertz CT molecular complexity index is 768. The predicted molar refractivity (Wildman–Crippen MR) is 105 cm³/mol. The Labute approximate surface area is 161 Å². The summed E-state index contributed by atoms with van der Waals surface area (Å²) in [4.78, 5) is 13.0. The Kier molecular flexibility index (Phi) is 5.51. The summed E-state index contributed by atoms with van der Waals surface area (Å²) >= 11 is 0. The molecule has 1 aliphatic carbocycles. The standard InChI is InChI=1S/C18H25N3O3S.ClH/c22-17(18-9-2-1-4-14(18)12-19-13-18)20-15-5-7-16(8-6-15)21-10-3-11-25(21,23)24;/h5-8,14,19H,1-4,9-13H2,(H,20,22);1H/t14-,18+;/m0./s1. The third-order valence-corrected chi connectivity index (χ3v) is 7.87. The Morgan fingerprint density at radius 2 is 1.96 bits per heavy atom. The van der Waals surface area contributed by atoms with Crippen LogP contribution in [0.4, 0.5) is 11.4 Å². The van der Waals surface area contributed by atoms with Crippen molar-refractivity contribution in [3.05, 3.63) is 24.3 Å². The van der Waals surface area contributed by atoms with Crippen LogP contribution in [0.25, 0.3) is 0 Å². The summed E-state index contributed by atoms with van der Waals surface area (Å²) in [6.45, 7) is 2.22. The highest BCUT2D eigenvalue weighted by Crippen LogP contribution is 2.44. The molecule has 2 saturated heterocycles. The molecule has 0 unspecified atom stereocenters. The molecule has 1 amide bonds. The molecule has 1 saturated carbocycles. The number of sulfonamides is 1. The van der Waals surface area contributed by atoms with Gasteiger partial charge in [-0.2, -0.15) is 0 Å². The number of anilines is 2. The summed E-state index contributed by atoms with van der Waals surface area (Å²) in [6, 6.07) is 7.17. The fourth-order valence-corrected chi connectivity index (χ4v) is 6.15. The van der Waals surface area contributed by atoms with Crippen LogP contribution in [0.15, 0.2) is 24.3 Å². The van der Waals surface area contributed by atoms with E-state index in [9.17, 15) is 13.2 Å². The van der Waals surface area contributed by atoms with Crippen LogP contribution < -0.4 is 14.9 Å². The van der Waals surface area contributed by atoms with Gasteiger partial charge in [0.1, 0.15) is 0 Å². The number of benzene rings is 1. The Morgan fingerprint density at radius 1 is 1.19 bits per heavy atom. The Morgan fingerprint density at radius 3 is 2.65 bits per heavy atom. The summed E-state index contributed by atoms with van der Waals surface area (Å²) in [6.07, 6.45) is 5.04. The van der Waals surface area contributed by atoms with Gasteiger partial charge in [-0.05, 0) is 56.0 Å². The van der Waals surface area contributed by atoms with Crippen LogP contribution >= 0.6 is 12.4 Å². The van der Waals surface area contributed by atoms with Crippen LogP contribution in [0.2, 0.25) is 0 Å². The molecule has 144 valence electrons. The number of carbonyl (C=O) groups is 1. The first kappa shape index (κ1) is 19.5. The molecule has 0 aromatic heterocycles. The highest BCUT2D eigenvalue weighted by Gasteiger charge is 2.49. The Balaban J connectivity index is 0.00000196. The number of hydrogen-bond acceptors (Lipinski definition) is 4. The molecular weight excluding hydrogens is 374 g/mol. The lowest BCUT2D eigenvalue weighted by atomic mass is 9.67. The van der Waals surface area contributed by atoms with Gasteiger partial charge in [-0.25, -0.2) is 8.42 Å². The molecule has 2 atom stereocenters. The molecule has 2 N–H and O–H groups in total. The van der Waals surface area contributed by atoms with Crippen LogP contribution in [0.5, 0.6) is 0 Å². The fourth-order valence-electron chi connectivity index (χ4n) is 4.59. The van der Waals surface area contributed by atoms with Gasteiger partial charge in [-0.15, -0.1) is 12.4 Å². The van der Waals surface area contributed by atoms with Crippen LogP contribution in [0.3, 0.4) is 0 Å². The molecule has 2 aliphatic heterocycles. The molecule has 4 rings (SSSR count). The first-order chi connectivity index (χ1) is 12.0. The van der Waals surface area contributed by atoms with E-state index in [1.807, 2.05) is 0 Å². The second kappa shape index (κ2) is 7.37.